The van der Waals surface area contributed by atoms with Crippen molar-refractivity contribution in [2.24, 2.45) is 0 Å². The molecule has 0 radical (unpaired) electrons. The Hall–Kier alpha value is -1.85. The summed E-state index contributed by atoms with van der Waals surface area (Å²) in [4.78, 5) is 33.7. The van der Waals surface area contributed by atoms with Crippen LogP contribution in [0.1, 0.15) is 46.2 Å². The number of aromatic nitrogens is 2. The number of hydrogen-bond donors (Lipinski definition) is 3. The summed E-state index contributed by atoms with van der Waals surface area (Å²) in [6.45, 7) is 8.67. The van der Waals surface area contributed by atoms with E-state index in [1.54, 1.807) is 0 Å². The number of nitrogens with two attached hydrogens (primary N) is 1. The third kappa shape index (κ3) is 6.08. The van der Waals surface area contributed by atoms with Crippen molar-refractivity contribution in [2.75, 3.05) is 23.7 Å². The lowest BCUT2D eigenvalue weighted by molar-refractivity contribution is -0.136. The molecule has 0 spiro atoms. The molecule has 1 amide bonds. The van der Waals surface area contributed by atoms with Gasteiger partial charge in [0, 0.05) is 18.6 Å². The second kappa shape index (κ2) is 8.03. The van der Waals surface area contributed by atoms with Crippen LogP contribution in [0.25, 0.3) is 0 Å². The average molecular weight is 491 g/mol. The summed E-state index contributed by atoms with van der Waals surface area (Å²) in [6, 6.07) is 0. The summed E-state index contributed by atoms with van der Waals surface area (Å²) >= 11 is 1.96. The predicted octanol–water partition coefficient (Wildman–Crippen LogP) is 2.17. The van der Waals surface area contributed by atoms with Crippen molar-refractivity contribution in [1.29, 1.82) is 0 Å². The van der Waals surface area contributed by atoms with Crippen LogP contribution in [0.5, 0.6) is 0 Å². The number of carboxylic acids is 1. The standard InChI is InChI=1S/C17H26IN5O4/c1-16(2,3)27-15(26)22-17(4)5-7-23(8-6-17)14-20-10(9-11(24)25)12(18)13(19)21-14/h5-9H2,1-4H3,(H,22,26)(H,24,25)(H2,19,20,21). The lowest BCUT2D eigenvalue weighted by atomic mass is 9.90. The molecule has 9 nitrogen and oxygen atoms in total. The van der Waals surface area contributed by atoms with Gasteiger partial charge < -0.3 is 25.8 Å². The molecule has 1 aliphatic rings. The number of aliphatic carboxylic acids is 1. The number of halogens is 1. The summed E-state index contributed by atoms with van der Waals surface area (Å²) in [5.41, 5.74) is 5.40. The van der Waals surface area contributed by atoms with Crippen LogP contribution in [0.15, 0.2) is 0 Å². The first-order chi connectivity index (χ1) is 12.4. The molecule has 0 atom stereocenters. The number of anilines is 2. The molecule has 10 heteroatoms. The van der Waals surface area contributed by atoms with Crippen LogP contribution in [0.3, 0.4) is 0 Å². The molecule has 4 N–H and O–H groups in total. The molecule has 0 unspecified atom stereocenters. The van der Waals surface area contributed by atoms with Gasteiger partial charge in [-0.25, -0.2) is 9.78 Å². The number of piperidine rings is 1. The highest BCUT2D eigenvalue weighted by Gasteiger charge is 2.34. The van der Waals surface area contributed by atoms with E-state index in [2.05, 4.69) is 15.3 Å². The van der Waals surface area contributed by atoms with E-state index < -0.39 is 23.2 Å². The van der Waals surface area contributed by atoms with E-state index >= 15 is 0 Å². The first-order valence-electron chi connectivity index (χ1n) is 8.68. The quantitative estimate of drug-likeness (QED) is 0.547. The number of rotatable bonds is 4. The maximum atomic E-state index is 12.1. The number of nitrogens with zero attached hydrogens (tertiary/aromatic N) is 3. The Morgan fingerprint density at radius 2 is 1.93 bits per heavy atom. The van der Waals surface area contributed by atoms with Gasteiger partial charge in [0.25, 0.3) is 0 Å². The molecule has 1 aromatic heterocycles. The van der Waals surface area contributed by atoms with E-state index in [9.17, 15) is 9.59 Å². The Balaban J connectivity index is 2.06. The van der Waals surface area contributed by atoms with E-state index in [-0.39, 0.29) is 12.2 Å². The van der Waals surface area contributed by atoms with Gasteiger partial charge in [0.2, 0.25) is 5.95 Å². The molecule has 0 aliphatic carbocycles. The second-order valence-corrected chi connectivity index (χ2v) is 8.99. The van der Waals surface area contributed by atoms with Gasteiger partial charge in [0.15, 0.2) is 0 Å². The fourth-order valence-corrected chi connectivity index (χ4v) is 3.21. The van der Waals surface area contributed by atoms with E-state index in [0.717, 1.165) is 0 Å². The molecule has 1 saturated heterocycles. The number of alkyl carbamates (subject to hydrolysis) is 1. The number of amides is 1. The number of ether oxygens (including phenoxy) is 1. The van der Waals surface area contributed by atoms with Crippen molar-refractivity contribution in [3.05, 3.63) is 9.26 Å². The fourth-order valence-electron chi connectivity index (χ4n) is 2.78. The Kier molecular flexibility index (Phi) is 6.38. The number of nitrogens with one attached hydrogen (secondary N) is 1. The van der Waals surface area contributed by atoms with Gasteiger partial charge in [-0.3, -0.25) is 4.79 Å². The molecule has 1 aliphatic heterocycles. The molecular weight excluding hydrogens is 465 g/mol. The van der Waals surface area contributed by atoms with Crippen LogP contribution >= 0.6 is 22.6 Å². The van der Waals surface area contributed by atoms with Gasteiger partial charge in [0.05, 0.1) is 15.7 Å². The lowest BCUT2D eigenvalue weighted by Gasteiger charge is -2.40. The Morgan fingerprint density at radius 3 is 2.44 bits per heavy atom. The third-order valence-electron chi connectivity index (χ3n) is 4.20. The summed E-state index contributed by atoms with van der Waals surface area (Å²) in [5, 5.41) is 12.0. The van der Waals surface area contributed by atoms with Crippen LogP contribution in [-0.2, 0) is 16.0 Å². The van der Waals surface area contributed by atoms with Crippen molar-refractivity contribution in [2.45, 2.75) is 58.1 Å². The van der Waals surface area contributed by atoms with Crippen molar-refractivity contribution in [1.82, 2.24) is 15.3 Å². The maximum Gasteiger partial charge on any atom is 0.408 e. The van der Waals surface area contributed by atoms with E-state index in [4.69, 9.17) is 15.6 Å². The number of carbonyl (C=O) groups is 2. The van der Waals surface area contributed by atoms with Gasteiger partial charge >= 0.3 is 12.1 Å². The first-order valence-corrected chi connectivity index (χ1v) is 9.76. The number of hydrogen-bond acceptors (Lipinski definition) is 7. The molecule has 1 aromatic rings. The highest BCUT2D eigenvalue weighted by atomic mass is 127. The van der Waals surface area contributed by atoms with Crippen LogP contribution in [-0.4, -0.2) is 51.4 Å². The highest BCUT2D eigenvalue weighted by Crippen LogP contribution is 2.27. The van der Waals surface area contributed by atoms with Crippen molar-refractivity contribution in [3.63, 3.8) is 0 Å². The van der Waals surface area contributed by atoms with Crippen molar-refractivity contribution in [3.8, 4) is 0 Å². The lowest BCUT2D eigenvalue weighted by Crippen LogP contribution is -2.54. The predicted molar refractivity (Wildman–Crippen MR) is 110 cm³/mol. The molecule has 0 aromatic carbocycles. The summed E-state index contributed by atoms with van der Waals surface area (Å²) in [5.74, 6) is -0.273. The summed E-state index contributed by atoms with van der Waals surface area (Å²) in [7, 11) is 0. The van der Waals surface area contributed by atoms with Gasteiger partial charge in [0.1, 0.15) is 11.4 Å². The number of carboxylic acid groups (broad SMARTS) is 1. The van der Waals surface area contributed by atoms with Gasteiger partial charge in [-0.1, -0.05) is 0 Å². The molecule has 1 fully saturated rings. The number of carbonyl (C=O) groups excluding carboxylic acids is 1. The third-order valence-corrected chi connectivity index (χ3v) is 5.38. The normalized spacial score (nSPS) is 16.7. The van der Waals surface area contributed by atoms with Crippen molar-refractivity contribution < 1.29 is 19.4 Å². The molecular formula is C17H26IN5O4. The zero-order chi connectivity index (χ0) is 20.4. The smallest absolute Gasteiger partial charge is 0.408 e. The second-order valence-electron chi connectivity index (χ2n) is 7.91. The summed E-state index contributed by atoms with van der Waals surface area (Å²) in [6.07, 6.45) is 0.715. The number of nitrogen functional groups attached to an aromatic ring is 1. The monoisotopic (exact) mass is 491 g/mol. The molecule has 0 saturated carbocycles. The Bertz CT molecular complexity index is 727. The zero-order valence-electron chi connectivity index (χ0n) is 16.0. The Morgan fingerprint density at radius 1 is 1.33 bits per heavy atom. The van der Waals surface area contributed by atoms with Crippen LogP contribution in [0, 0.1) is 3.57 Å². The van der Waals surface area contributed by atoms with E-state index in [0.29, 0.717) is 41.1 Å². The van der Waals surface area contributed by atoms with Crippen molar-refractivity contribution >= 4 is 46.4 Å². The molecule has 0 bridgehead atoms. The molecule has 150 valence electrons. The molecule has 2 heterocycles. The highest BCUT2D eigenvalue weighted by molar-refractivity contribution is 14.1. The minimum atomic E-state index is -0.968. The largest absolute Gasteiger partial charge is 0.481 e. The fraction of sp³-hybridized carbons (Fsp3) is 0.647. The van der Waals surface area contributed by atoms with Gasteiger partial charge in [-0.2, -0.15) is 4.98 Å². The van der Waals surface area contributed by atoms with Crippen LogP contribution in [0.4, 0.5) is 16.6 Å². The molecule has 27 heavy (non-hydrogen) atoms. The van der Waals surface area contributed by atoms with Gasteiger partial charge in [-0.05, 0) is 63.1 Å². The average Bonchev–Trinajstić information content (AvgIpc) is 2.49. The van der Waals surface area contributed by atoms with Gasteiger partial charge in [-0.15, -0.1) is 0 Å². The zero-order valence-corrected chi connectivity index (χ0v) is 18.2. The van der Waals surface area contributed by atoms with Crippen LogP contribution < -0.4 is 16.0 Å². The topological polar surface area (TPSA) is 131 Å². The van der Waals surface area contributed by atoms with E-state index in [1.165, 1.54) is 0 Å². The minimum absolute atomic E-state index is 0.205. The summed E-state index contributed by atoms with van der Waals surface area (Å²) < 4.78 is 5.90. The minimum Gasteiger partial charge on any atom is -0.481 e. The Labute approximate surface area is 172 Å². The SMILES string of the molecule is CC1(NC(=O)OC(C)(C)C)CCN(c2nc(N)c(I)c(CC(=O)O)n2)CC1. The molecule has 2 rings (SSSR count). The van der Waals surface area contributed by atoms with E-state index in [1.807, 2.05) is 55.2 Å². The maximum absolute atomic E-state index is 12.1. The van der Waals surface area contributed by atoms with Crippen LogP contribution in [0.2, 0.25) is 0 Å². The first kappa shape index (κ1) is 21.5.